The molecular weight excluding hydrogens is 311 g/mol. The molecule has 0 saturated carbocycles. The highest BCUT2D eigenvalue weighted by atomic mass is 19.1. The molecule has 128 valence electrons. The minimum absolute atomic E-state index is 0.104. The van der Waals surface area contributed by atoms with Crippen molar-refractivity contribution >= 4 is 5.91 Å². The lowest BCUT2D eigenvalue weighted by Gasteiger charge is -2.34. The smallest absolute Gasteiger partial charge is 0.274 e. The Morgan fingerprint density at radius 3 is 2.50 bits per heavy atom. The maximum absolute atomic E-state index is 13.0. The molecule has 1 aliphatic heterocycles. The first-order valence-corrected chi connectivity index (χ1v) is 8.04. The lowest BCUT2D eigenvalue weighted by molar-refractivity contribution is 0.0549. The van der Waals surface area contributed by atoms with Gasteiger partial charge in [0.25, 0.3) is 5.91 Å². The van der Waals surface area contributed by atoms with Gasteiger partial charge in [-0.1, -0.05) is 0 Å². The molecule has 1 N–H and O–H groups in total. The van der Waals surface area contributed by atoms with Crippen molar-refractivity contribution in [2.24, 2.45) is 0 Å². The Morgan fingerprint density at radius 1 is 1.21 bits per heavy atom. The summed E-state index contributed by atoms with van der Waals surface area (Å²) in [5.74, 6) is -0.412. The Hall–Kier alpha value is -2.25. The summed E-state index contributed by atoms with van der Waals surface area (Å²) in [6.07, 6.45) is 1.34. The molecule has 1 amide bonds. The van der Waals surface area contributed by atoms with Crippen molar-refractivity contribution in [3.8, 4) is 5.69 Å². The van der Waals surface area contributed by atoms with E-state index in [1.807, 2.05) is 0 Å². The zero-order valence-electron chi connectivity index (χ0n) is 13.6. The molecule has 1 saturated heterocycles. The molecule has 0 aliphatic carbocycles. The van der Waals surface area contributed by atoms with Crippen LogP contribution in [0.4, 0.5) is 4.39 Å². The van der Waals surface area contributed by atoms with Gasteiger partial charge in [-0.2, -0.15) is 5.10 Å². The summed E-state index contributed by atoms with van der Waals surface area (Å²) in [5, 5.41) is 13.7. The molecule has 1 atom stereocenters. The predicted molar refractivity (Wildman–Crippen MR) is 87.5 cm³/mol. The van der Waals surface area contributed by atoms with Crippen LogP contribution in [-0.4, -0.2) is 69.4 Å². The SMILES string of the molecule is C[C@H](O)CN1CCN(C(=O)c2ccn(-c3ccc(F)cc3)n2)CC1. The van der Waals surface area contributed by atoms with E-state index in [0.29, 0.717) is 31.0 Å². The molecule has 7 heteroatoms. The molecule has 0 radical (unpaired) electrons. The quantitative estimate of drug-likeness (QED) is 0.912. The molecule has 6 nitrogen and oxygen atoms in total. The number of aliphatic hydroxyl groups excluding tert-OH is 1. The molecule has 0 unspecified atom stereocenters. The number of carbonyl (C=O) groups is 1. The molecule has 1 aromatic carbocycles. The van der Waals surface area contributed by atoms with Crippen LogP contribution >= 0.6 is 0 Å². The van der Waals surface area contributed by atoms with Crippen LogP contribution in [0, 0.1) is 5.82 Å². The number of β-amino-alcohol motifs (C(OH)–C–C–N with tert-alkyl or cyclic N) is 1. The van der Waals surface area contributed by atoms with Crippen LogP contribution in [0.15, 0.2) is 36.5 Å². The second kappa shape index (κ2) is 7.11. The van der Waals surface area contributed by atoms with Crippen molar-refractivity contribution in [3.63, 3.8) is 0 Å². The van der Waals surface area contributed by atoms with Crippen molar-refractivity contribution in [2.45, 2.75) is 13.0 Å². The summed E-state index contributed by atoms with van der Waals surface area (Å²) in [5.41, 5.74) is 1.08. The van der Waals surface area contributed by atoms with Gasteiger partial charge in [0, 0.05) is 38.9 Å². The molecule has 2 heterocycles. The van der Waals surface area contributed by atoms with Gasteiger partial charge in [0.15, 0.2) is 5.69 Å². The van der Waals surface area contributed by atoms with E-state index in [-0.39, 0.29) is 17.8 Å². The van der Waals surface area contributed by atoms with Gasteiger partial charge in [-0.15, -0.1) is 0 Å². The number of hydrogen-bond donors (Lipinski definition) is 1. The number of nitrogens with zero attached hydrogens (tertiary/aromatic N) is 4. The third kappa shape index (κ3) is 3.80. The van der Waals surface area contributed by atoms with Gasteiger partial charge < -0.3 is 10.0 Å². The average Bonchev–Trinajstić information content (AvgIpc) is 3.05. The van der Waals surface area contributed by atoms with Crippen molar-refractivity contribution in [3.05, 3.63) is 48.0 Å². The minimum Gasteiger partial charge on any atom is -0.392 e. The van der Waals surface area contributed by atoms with Crippen LogP contribution in [0.1, 0.15) is 17.4 Å². The number of aliphatic hydroxyl groups is 1. The maximum Gasteiger partial charge on any atom is 0.274 e. The Morgan fingerprint density at radius 2 is 1.88 bits per heavy atom. The van der Waals surface area contributed by atoms with E-state index < -0.39 is 0 Å². The van der Waals surface area contributed by atoms with Gasteiger partial charge in [-0.05, 0) is 37.3 Å². The number of amides is 1. The zero-order valence-corrected chi connectivity index (χ0v) is 13.6. The van der Waals surface area contributed by atoms with Crippen molar-refractivity contribution < 1.29 is 14.3 Å². The Labute approximate surface area is 140 Å². The fraction of sp³-hybridized carbons (Fsp3) is 0.412. The molecule has 1 aliphatic rings. The zero-order chi connectivity index (χ0) is 17.1. The van der Waals surface area contributed by atoms with E-state index in [9.17, 15) is 14.3 Å². The van der Waals surface area contributed by atoms with Crippen LogP contribution in [0.25, 0.3) is 5.69 Å². The summed E-state index contributed by atoms with van der Waals surface area (Å²) in [4.78, 5) is 16.5. The highest BCUT2D eigenvalue weighted by Gasteiger charge is 2.24. The van der Waals surface area contributed by atoms with E-state index in [4.69, 9.17) is 0 Å². The number of aromatic nitrogens is 2. The average molecular weight is 332 g/mol. The number of hydrogen-bond acceptors (Lipinski definition) is 4. The minimum atomic E-state index is -0.362. The standard InChI is InChI=1S/C17H21FN4O2/c1-13(23)12-20-8-10-21(11-9-20)17(24)16-6-7-22(19-16)15-4-2-14(18)3-5-15/h2-7,13,23H,8-12H2,1H3/t13-/m0/s1. The Kier molecular flexibility index (Phi) is 4.92. The topological polar surface area (TPSA) is 61.6 Å². The number of piperazine rings is 1. The third-order valence-corrected chi connectivity index (χ3v) is 4.08. The van der Waals surface area contributed by atoms with Crippen LogP contribution in [0.3, 0.4) is 0 Å². The highest BCUT2D eigenvalue weighted by Crippen LogP contribution is 2.12. The number of benzene rings is 1. The molecule has 1 aromatic heterocycles. The molecule has 0 bridgehead atoms. The lowest BCUT2D eigenvalue weighted by atomic mass is 10.2. The van der Waals surface area contributed by atoms with E-state index in [0.717, 1.165) is 13.1 Å². The summed E-state index contributed by atoms with van der Waals surface area (Å²) in [7, 11) is 0. The van der Waals surface area contributed by atoms with E-state index >= 15 is 0 Å². The van der Waals surface area contributed by atoms with Crippen LogP contribution in [-0.2, 0) is 0 Å². The molecule has 1 fully saturated rings. The maximum atomic E-state index is 13.0. The van der Waals surface area contributed by atoms with Crippen molar-refractivity contribution in [1.82, 2.24) is 19.6 Å². The second-order valence-electron chi connectivity index (χ2n) is 6.06. The first kappa shape index (κ1) is 16.6. The summed E-state index contributed by atoms with van der Waals surface area (Å²) >= 11 is 0. The van der Waals surface area contributed by atoms with Gasteiger partial charge in [0.1, 0.15) is 5.82 Å². The summed E-state index contributed by atoms with van der Waals surface area (Å²) in [6.45, 7) is 5.12. The van der Waals surface area contributed by atoms with Crippen LogP contribution in [0.2, 0.25) is 0 Å². The monoisotopic (exact) mass is 332 g/mol. The van der Waals surface area contributed by atoms with Crippen LogP contribution in [0.5, 0.6) is 0 Å². The van der Waals surface area contributed by atoms with E-state index in [2.05, 4.69) is 10.00 Å². The van der Waals surface area contributed by atoms with E-state index in [1.54, 1.807) is 40.9 Å². The molecule has 3 rings (SSSR count). The van der Waals surface area contributed by atoms with Gasteiger partial charge in [-0.25, -0.2) is 9.07 Å². The van der Waals surface area contributed by atoms with Crippen molar-refractivity contribution in [2.75, 3.05) is 32.7 Å². The first-order chi connectivity index (χ1) is 11.5. The largest absolute Gasteiger partial charge is 0.392 e. The molecule has 24 heavy (non-hydrogen) atoms. The second-order valence-corrected chi connectivity index (χ2v) is 6.06. The van der Waals surface area contributed by atoms with Gasteiger partial charge >= 0.3 is 0 Å². The van der Waals surface area contributed by atoms with Gasteiger partial charge in [0.2, 0.25) is 0 Å². The van der Waals surface area contributed by atoms with Gasteiger partial charge in [0.05, 0.1) is 11.8 Å². The number of carbonyl (C=O) groups excluding carboxylic acids is 1. The fourth-order valence-corrected chi connectivity index (χ4v) is 2.84. The third-order valence-electron chi connectivity index (χ3n) is 4.08. The van der Waals surface area contributed by atoms with Gasteiger partial charge in [-0.3, -0.25) is 9.69 Å². The molecular formula is C17H21FN4O2. The number of halogens is 1. The highest BCUT2D eigenvalue weighted by molar-refractivity contribution is 5.92. The summed E-state index contributed by atoms with van der Waals surface area (Å²) < 4.78 is 14.5. The van der Waals surface area contributed by atoms with E-state index in [1.165, 1.54) is 12.1 Å². The van der Waals surface area contributed by atoms with Crippen LogP contribution < -0.4 is 0 Å². The molecule has 0 spiro atoms. The normalized spacial score (nSPS) is 17.0. The predicted octanol–water partition coefficient (Wildman–Crippen LogP) is 1.15. The first-order valence-electron chi connectivity index (χ1n) is 8.04. The van der Waals surface area contributed by atoms with Crippen molar-refractivity contribution in [1.29, 1.82) is 0 Å². The number of rotatable bonds is 4. The molecule has 2 aromatic rings. The Balaban J connectivity index is 1.63. The Bertz CT molecular complexity index is 691. The fourth-order valence-electron chi connectivity index (χ4n) is 2.84. The summed E-state index contributed by atoms with van der Waals surface area (Å²) in [6, 6.07) is 7.63. The lowest BCUT2D eigenvalue weighted by Crippen LogP contribution is -2.50.